The van der Waals surface area contributed by atoms with Crippen molar-refractivity contribution in [2.24, 2.45) is 0 Å². The van der Waals surface area contributed by atoms with Gasteiger partial charge in [0, 0.05) is 10.5 Å². The summed E-state index contributed by atoms with van der Waals surface area (Å²) in [5.41, 5.74) is 0. The third-order valence-electron chi connectivity index (χ3n) is 1.55. The van der Waals surface area contributed by atoms with Gasteiger partial charge < -0.3 is 26.8 Å². The topological polar surface area (TPSA) is 59.4 Å². The minimum atomic E-state index is -0.594. The van der Waals surface area contributed by atoms with Crippen LogP contribution >= 0.6 is 10.5 Å². The van der Waals surface area contributed by atoms with E-state index in [-0.39, 0.29) is 39.2 Å². The lowest BCUT2D eigenvalue weighted by atomic mass is 10.4. The molecule has 1 N–H and O–H groups in total. The van der Waals surface area contributed by atoms with E-state index < -0.39 is 6.10 Å². The molecule has 0 aromatic carbocycles. The van der Waals surface area contributed by atoms with Crippen LogP contribution < -0.4 is 17.0 Å². The molecule has 1 aromatic rings. The van der Waals surface area contributed by atoms with Gasteiger partial charge in [-0.1, -0.05) is 0 Å². The molecule has 2 unspecified atom stereocenters. The number of ether oxygens (including phenoxy) is 1. The molecular formula is C8H12BrNO3S. The fourth-order valence-corrected chi connectivity index (χ4v) is 2.55. The van der Waals surface area contributed by atoms with Gasteiger partial charge in [-0.3, -0.25) is 0 Å². The number of hydrogen-bond donors (Lipinski definition) is 1. The van der Waals surface area contributed by atoms with Crippen LogP contribution in [0.4, 0.5) is 0 Å². The lowest BCUT2D eigenvalue weighted by molar-refractivity contribution is -0.138. The van der Waals surface area contributed by atoms with Crippen molar-refractivity contribution < 1.29 is 31.6 Å². The van der Waals surface area contributed by atoms with Crippen LogP contribution in [-0.4, -0.2) is 23.2 Å². The number of rotatable bonds is 3. The molecule has 0 spiro atoms. The number of esters is 1. The molecule has 1 heterocycles. The fourth-order valence-electron chi connectivity index (χ4n) is 0.950. The van der Waals surface area contributed by atoms with Gasteiger partial charge in [-0.25, -0.2) is 9.78 Å². The Morgan fingerprint density at radius 2 is 2.43 bits per heavy atom. The van der Waals surface area contributed by atoms with Crippen molar-refractivity contribution in [3.05, 3.63) is 16.6 Å². The van der Waals surface area contributed by atoms with Gasteiger partial charge in [-0.15, -0.1) is 0 Å². The van der Waals surface area contributed by atoms with Crippen LogP contribution in [0.2, 0.25) is 0 Å². The maximum absolute atomic E-state index is 11.0. The van der Waals surface area contributed by atoms with Gasteiger partial charge in [0.25, 0.3) is 5.01 Å². The second kappa shape index (κ2) is 6.10. The molecule has 0 saturated heterocycles. The second-order valence-electron chi connectivity index (χ2n) is 2.58. The van der Waals surface area contributed by atoms with Crippen molar-refractivity contribution in [2.45, 2.75) is 18.8 Å². The molecule has 1 rings (SSSR count). The second-order valence-corrected chi connectivity index (χ2v) is 4.41. The normalized spacial score (nSPS) is 12.9. The molecule has 0 amide bonds. The van der Waals surface area contributed by atoms with Crippen LogP contribution in [-0.2, 0) is 15.3 Å². The number of aliphatic hydroxyl groups is 1. The molecular weight excluding hydrogens is 270 g/mol. The number of thiazole rings is 1. The first kappa shape index (κ1) is 13.5. The first-order chi connectivity index (χ1) is 6.15. The first-order valence-electron chi connectivity index (χ1n) is 3.84. The fraction of sp³-hybridized carbons (Fsp3) is 0.500. The Hall–Kier alpha value is -0.460. The average molecular weight is 282 g/mol. The van der Waals surface area contributed by atoms with Gasteiger partial charge in [0.2, 0.25) is 5.75 Å². The van der Waals surface area contributed by atoms with Crippen molar-refractivity contribution in [2.75, 3.05) is 7.11 Å². The minimum Gasteiger partial charge on any atom is -1.00 e. The Kier molecular flexibility index (Phi) is 5.90. The number of methoxy groups -OCH3 is 1. The number of nitrogens with zero attached hydrogens (tertiary/aromatic N) is 1. The first-order valence-corrected chi connectivity index (χ1v) is 5.29. The molecule has 0 fully saturated rings. The highest BCUT2D eigenvalue weighted by Gasteiger charge is 2.22. The molecule has 4 nitrogen and oxygen atoms in total. The van der Waals surface area contributed by atoms with E-state index in [1.165, 1.54) is 7.11 Å². The summed E-state index contributed by atoms with van der Waals surface area (Å²) in [6.07, 6.45) is 1.02. The molecule has 0 saturated carbocycles. The molecule has 6 heteroatoms. The van der Waals surface area contributed by atoms with Gasteiger partial charge in [0.1, 0.15) is 6.10 Å². The smallest absolute Gasteiger partial charge is 0.360 e. The summed E-state index contributed by atoms with van der Waals surface area (Å²) in [6.45, 7) is 1.64. The van der Waals surface area contributed by atoms with Gasteiger partial charge >= 0.3 is 5.97 Å². The van der Waals surface area contributed by atoms with E-state index in [0.29, 0.717) is 5.01 Å². The van der Waals surface area contributed by atoms with Crippen molar-refractivity contribution in [1.82, 2.24) is 4.98 Å². The van der Waals surface area contributed by atoms with Crippen LogP contribution in [0.25, 0.3) is 0 Å². The van der Waals surface area contributed by atoms with Crippen LogP contribution in [0, 0.1) is 0 Å². The van der Waals surface area contributed by atoms with E-state index >= 15 is 0 Å². The number of hydrogen-bond acceptors (Lipinski definition) is 4. The van der Waals surface area contributed by atoms with Crippen molar-refractivity contribution in [3.63, 3.8) is 0 Å². The van der Waals surface area contributed by atoms with E-state index in [2.05, 4.69) is 9.72 Å². The van der Waals surface area contributed by atoms with E-state index in [4.69, 9.17) is 0 Å². The number of aliphatic hydroxyl groups excluding tert-OH is 1. The molecule has 2 atom stereocenters. The lowest BCUT2D eigenvalue weighted by Crippen LogP contribution is -3.00. The summed E-state index contributed by atoms with van der Waals surface area (Å²) >= 11 is 0. The zero-order valence-electron chi connectivity index (χ0n) is 7.94. The Labute approximate surface area is 95.7 Å². The standard InChI is InChI=1S/C8H12NO3S.BrH/c1-6(10)8-9-3-4-13(8)5-7(11)12-2;/h3-4,6,10H,5H2,1-2H3;1H/q+1;/p-1. The number of aromatic nitrogens is 1. The number of carbonyl (C=O) groups is 1. The summed E-state index contributed by atoms with van der Waals surface area (Å²) < 4.78 is 4.54. The Bertz CT molecular complexity index is 301. The van der Waals surface area contributed by atoms with Crippen LogP contribution in [0.1, 0.15) is 18.0 Å². The van der Waals surface area contributed by atoms with Gasteiger partial charge in [-0.2, -0.15) is 0 Å². The summed E-state index contributed by atoms with van der Waals surface area (Å²) in [7, 11) is 0.972. The highest BCUT2D eigenvalue weighted by Crippen LogP contribution is 2.28. The molecule has 14 heavy (non-hydrogen) atoms. The largest absolute Gasteiger partial charge is 1.00 e. The van der Waals surface area contributed by atoms with Crippen molar-refractivity contribution in [1.29, 1.82) is 0 Å². The minimum absolute atomic E-state index is 0. The lowest BCUT2D eigenvalue weighted by Gasteiger charge is -1.96. The quantitative estimate of drug-likeness (QED) is 0.518. The molecule has 80 valence electrons. The van der Waals surface area contributed by atoms with E-state index in [1.54, 1.807) is 13.1 Å². The molecule has 0 aliphatic carbocycles. The van der Waals surface area contributed by atoms with E-state index in [0.717, 1.165) is 0 Å². The summed E-state index contributed by atoms with van der Waals surface area (Å²) in [5, 5.41) is 11.8. The van der Waals surface area contributed by atoms with Gasteiger partial charge in [0.15, 0.2) is 5.38 Å². The van der Waals surface area contributed by atoms with Crippen LogP contribution in [0.5, 0.6) is 0 Å². The molecule has 1 aromatic heterocycles. The summed E-state index contributed by atoms with van der Waals surface area (Å²) in [5.74, 6) is -0.000247. The predicted molar refractivity (Wildman–Crippen MR) is 49.4 cm³/mol. The molecule has 0 radical (unpaired) electrons. The SMILES string of the molecule is COC(=O)C[s+]1ccnc1C(C)O.[Br-]. The summed E-state index contributed by atoms with van der Waals surface area (Å²) in [6, 6.07) is 0. The van der Waals surface area contributed by atoms with Crippen molar-refractivity contribution in [3.8, 4) is 0 Å². The van der Waals surface area contributed by atoms with Gasteiger partial charge in [0.05, 0.1) is 13.3 Å². The highest BCUT2D eigenvalue weighted by atomic mass is 79.9. The Balaban J connectivity index is 0.00000169. The zero-order valence-corrected chi connectivity index (χ0v) is 10.3. The van der Waals surface area contributed by atoms with Gasteiger partial charge in [-0.05, 0) is 6.92 Å². The zero-order chi connectivity index (χ0) is 9.84. The monoisotopic (exact) mass is 281 g/mol. The number of halogens is 1. The van der Waals surface area contributed by atoms with Crippen LogP contribution in [0.3, 0.4) is 0 Å². The van der Waals surface area contributed by atoms with Crippen LogP contribution in [0.15, 0.2) is 11.6 Å². The molecule has 0 aliphatic heterocycles. The Morgan fingerprint density at radius 1 is 1.79 bits per heavy atom. The molecule has 0 aliphatic rings. The maximum Gasteiger partial charge on any atom is 0.360 e. The number of carbonyl (C=O) groups excluding carboxylic acids is 1. The van der Waals surface area contributed by atoms with Crippen molar-refractivity contribution >= 4 is 16.4 Å². The third kappa shape index (κ3) is 3.36. The van der Waals surface area contributed by atoms with E-state index in [9.17, 15) is 9.90 Å². The third-order valence-corrected chi connectivity index (χ3v) is 3.53. The average Bonchev–Trinajstić information content (AvgIpc) is 2.52. The predicted octanol–water partition coefficient (Wildman–Crippen LogP) is -1.94. The maximum atomic E-state index is 11.0. The summed E-state index contributed by atoms with van der Waals surface area (Å²) in [4.78, 5) is 14.9. The Morgan fingerprint density at radius 3 is 2.93 bits per heavy atom. The highest BCUT2D eigenvalue weighted by molar-refractivity contribution is 7.30. The van der Waals surface area contributed by atoms with E-state index in [1.807, 2.05) is 5.38 Å². The molecule has 0 bridgehead atoms.